The fraction of sp³-hybridized carbons (Fsp3) is 0.360. The minimum atomic E-state index is -1.54. The van der Waals surface area contributed by atoms with Gasteiger partial charge in [-0.3, -0.25) is 14.5 Å². The molecule has 34 heavy (non-hydrogen) atoms. The molecule has 2 atom stereocenters. The van der Waals surface area contributed by atoms with E-state index in [1.54, 1.807) is 29.2 Å². The molecule has 0 spiro atoms. The van der Waals surface area contributed by atoms with Crippen molar-refractivity contribution < 1.29 is 14.7 Å². The Morgan fingerprint density at radius 3 is 2.56 bits per heavy atom. The fourth-order valence-corrected chi connectivity index (χ4v) is 4.22. The van der Waals surface area contributed by atoms with E-state index in [1.807, 2.05) is 36.4 Å². The maximum absolute atomic E-state index is 13.2. The normalized spacial score (nSPS) is 16.0. The van der Waals surface area contributed by atoms with Crippen molar-refractivity contribution in [2.75, 3.05) is 13.1 Å². The first-order valence-electron chi connectivity index (χ1n) is 11.6. The summed E-state index contributed by atoms with van der Waals surface area (Å²) in [6, 6.07) is 13.6. The smallest absolute Gasteiger partial charge is 0.255 e. The number of carbonyl (C=O) groups is 2. The molecule has 178 valence electrons. The molecule has 1 aliphatic rings. The van der Waals surface area contributed by atoms with E-state index >= 15 is 0 Å². The number of rotatable bonds is 9. The van der Waals surface area contributed by atoms with Gasteiger partial charge in [-0.05, 0) is 56.1 Å². The van der Waals surface area contributed by atoms with Crippen LogP contribution in [0.1, 0.15) is 40.9 Å². The summed E-state index contributed by atoms with van der Waals surface area (Å²) in [5.74, 6) is -1.00. The standard InChI is InChI=1S/C25H30N6O3/c26-23(33)22(32)21(16-18-8-3-1-4-9-18)28-25(34)20-10-7-12-27-24(20)31-15-11-19(29-31)17-30-13-5-2-6-14-30/h1,3-4,7-12,15,21-22,32H,2,5-6,13-14,16-17H2,(H2,26,33)(H,28,34)/t21-,22-/m0/s1. The number of aliphatic hydroxyl groups is 1. The molecule has 4 rings (SSSR count). The Hall–Kier alpha value is -3.56. The Morgan fingerprint density at radius 1 is 1.06 bits per heavy atom. The number of pyridine rings is 1. The van der Waals surface area contributed by atoms with Gasteiger partial charge < -0.3 is 16.2 Å². The molecule has 1 saturated heterocycles. The van der Waals surface area contributed by atoms with Gasteiger partial charge >= 0.3 is 0 Å². The monoisotopic (exact) mass is 462 g/mol. The summed E-state index contributed by atoms with van der Waals surface area (Å²) in [5, 5.41) is 17.8. The lowest BCUT2D eigenvalue weighted by molar-refractivity contribution is -0.127. The number of aromatic nitrogens is 3. The first-order valence-corrected chi connectivity index (χ1v) is 11.6. The van der Waals surface area contributed by atoms with Crippen LogP contribution < -0.4 is 11.1 Å². The molecule has 1 aromatic carbocycles. The molecule has 3 heterocycles. The summed E-state index contributed by atoms with van der Waals surface area (Å²) in [7, 11) is 0. The van der Waals surface area contributed by atoms with Crippen LogP contribution >= 0.6 is 0 Å². The highest BCUT2D eigenvalue weighted by Gasteiger charge is 2.28. The average Bonchev–Trinajstić information content (AvgIpc) is 3.32. The van der Waals surface area contributed by atoms with E-state index in [2.05, 4.69) is 20.3 Å². The van der Waals surface area contributed by atoms with Crippen LogP contribution in [-0.2, 0) is 17.8 Å². The molecule has 4 N–H and O–H groups in total. The van der Waals surface area contributed by atoms with Crippen molar-refractivity contribution in [1.29, 1.82) is 0 Å². The van der Waals surface area contributed by atoms with Gasteiger partial charge in [0.1, 0.15) is 0 Å². The van der Waals surface area contributed by atoms with Crippen molar-refractivity contribution in [2.24, 2.45) is 5.73 Å². The molecule has 1 fully saturated rings. The average molecular weight is 463 g/mol. The highest BCUT2D eigenvalue weighted by atomic mass is 16.3. The van der Waals surface area contributed by atoms with E-state index in [0.717, 1.165) is 30.9 Å². The lowest BCUT2D eigenvalue weighted by Crippen LogP contribution is -2.50. The van der Waals surface area contributed by atoms with Gasteiger partial charge in [-0.25, -0.2) is 9.67 Å². The Morgan fingerprint density at radius 2 is 1.82 bits per heavy atom. The van der Waals surface area contributed by atoms with Gasteiger partial charge in [0.25, 0.3) is 5.91 Å². The van der Waals surface area contributed by atoms with E-state index < -0.39 is 24.0 Å². The van der Waals surface area contributed by atoms with E-state index in [1.165, 1.54) is 19.3 Å². The molecule has 3 aromatic rings. The van der Waals surface area contributed by atoms with Crippen LogP contribution in [0.25, 0.3) is 5.82 Å². The van der Waals surface area contributed by atoms with Gasteiger partial charge in [-0.2, -0.15) is 5.10 Å². The van der Waals surface area contributed by atoms with E-state index in [0.29, 0.717) is 5.82 Å². The van der Waals surface area contributed by atoms with Gasteiger partial charge in [-0.15, -0.1) is 0 Å². The Kier molecular flexibility index (Phi) is 7.66. The van der Waals surface area contributed by atoms with Crippen molar-refractivity contribution in [3.05, 3.63) is 77.7 Å². The van der Waals surface area contributed by atoms with Crippen molar-refractivity contribution in [3.63, 3.8) is 0 Å². The maximum Gasteiger partial charge on any atom is 0.255 e. The van der Waals surface area contributed by atoms with Gasteiger partial charge in [0.05, 0.1) is 17.3 Å². The van der Waals surface area contributed by atoms with Crippen LogP contribution in [0.4, 0.5) is 0 Å². The van der Waals surface area contributed by atoms with Gasteiger partial charge in [0.2, 0.25) is 5.91 Å². The van der Waals surface area contributed by atoms with E-state index in [4.69, 9.17) is 5.73 Å². The maximum atomic E-state index is 13.2. The quantitative estimate of drug-likeness (QED) is 0.442. The number of carbonyl (C=O) groups excluding carboxylic acids is 2. The summed E-state index contributed by atoms with van der Waals surface area (Å²) in [4.78, 5) is 31.7. The van der Waals surface area contributed by atoms with Crippen LogP contribution in [0.3, 0.4) is 0 Å². The number of nitrogens with one attached hydrogen (secondary N) is 1. The molecular weight excluding hydrogens is 432 g/mol. The summed E-state index contributed by atoms with van der Waals surface area (Å²) >= 11 is 0. The Bertz CT molecular complexity index is 1110. The van der Waals surface area contributed by atoms with Crippen molar-refractivity contribution in [1.82, 2.24) is 25.0 Å². The molecule has 1 aliphatic heterocycles. The van der Waals surface area contributed by atoms with Gasteiger partial charge in [0.15, 0.2) is 11.9 Å². The first kappa shape index (κ1) is 23.6. The van der Waals surface area contributed by atoms with Crippen LogP contribution in [0.15, 0.2) is 60.9 Å². The lowest BCUT2D eigenvalue weighted by Gasteiger charge is -2.25. The van der Waals surface area contributed by atoms with Gasteiger partial charge in [0, 0.05) is 18.9 Å². The molecule has 0 radical (unpaired) electrons. The largest absolute Gasteiger partial charge is 0.381 e. The molecule has 2 amide bonds. The molecule has 2 aromatic heterocycles. The topological polar surface area (TPSA) is 126 Å². The second kappa shape index (κ2) is 11.0. The summed E-state index contributed by atoms with van der Waals surface area (Å²) in [5.41, 5.74) is 7.38. The van der Waals surface area contributed by atoms with Crippen LogP contribution in [-0.4, -0.2) is 61.8 Å². The highest BCUT2D eigenvalue weighted by molar-refractivity contribution is 5.97. The second-order valence-corrected chi connectivity index (χ2v) is 8.58. The predicted molar refractivity (Wildman–Crippen MR) is 127 cm³/mol. The number of benzene rings is 1. The number of likely N-dealkylation sites (tertiary alicyclic amines) is 1. The van der Waals surface area contributed by atoms with Crippen LogP contribution in [0.5, 0.6) is 0 Å². The SMILES string of the molecule is NC(=O)[C@@H](O)[C@H](Cc1ccccc1)NC(=O)c1cccnc1-n1ccc(CN2CCCCC2)n1. The minimum absolute atomic E-state index is 0.244. The molecule has 0 aliphatic carbocycles. The third-order valence-corrected chi connectivity index (χ3v) is 6.01. The molecule has 0 unspecified atom stereocenters. The number of amides is 2. The number of piperidine rings is 1. The zero-order valence-electron chi connectivity index (χ0n) is 19.0. The Labute approximate surface area is 198 Å². The van der Waals surface area contributed by atoms with Gasteiger partial charge in [-0.1, -0.05) is 36.8 Å². The molecule has 9 nitrogen and oxygen atoms in total. The number of hydrogen-bond donors (Lipinski definition) is 3. The number of nitrogens with zero attached hydrogens (tertiary/aromatic N) is 4. The van der Waals surface area contributed by atoms with E-state index in [-0.39, 0.29) is 12.0 Å². The van der Waals surface area contributed by atoms with Crippen molar-refractivity contribution in [3.8, 4) is 5.82 Å². The number of primary amides is 1. The van der Waals surface area contributed by atoms with E-state index in [9.17, 15) is 14.7 Å². The number of hydrogen-bond acceptors (Lipinski definition) is 6. The van der Waals surface area contributed by atoms with Crippen LogP contribution in [0, 0.1) is 0 Å². The molecular formula is C25H30N6O3. The summed E-state index contributed by atoms with van der Waals surface area (Å²) in [6.07, 6.45) is 5.76. The molecule has 9 heteroatoms. The fourth-order valence-electron chi connectivity index (χ4n) is 4.22. The zero-order valence-corrected chi connectivity index (χ0v) is 19.0. The van der Waals surface area contributed by atoms with Crippen LogP contribution in [0.2, 0.25) is 0 Å². The summed E-state index contributed by atoms with van der Waals surface area (Å²) < 4.78 is 1.59. The zero-order chi connectivity index (χ0) is 23.9. The second-order valence-electron chi connectivity index (χ2n) is 8.58. The van der Waals surface area contributed by atoms with Crippen molar-refractivity contribution in [2.45, 2.75) is 44.4 Å². The van der Waals surface area contributed by atoms with Crippen molar-refractivity contribution >= 4 is 11.8 Å². The summed E-state index contributed by atoms with van der Waals surface area (Å²) in [6.45, 7) is 2.88. The third-order valence-electron chi connectivity index (χ3n) is 6.01. The lowest BCUT2D eigenvalue weighted by atomic mass is 10.0. The predicted octanol–water partition coefficient (Wildman–Crippen LogP) is 1.44. The first-order chi connectivity index (χ1) is 16.5. The highest BCUT2D eigenvalue weighted by Crippen LogP contribution is 2.16. The third kappa shape index (κ3) is 5.86. The molecule has 0 saturated carbocycles. The number of aliphatic hydroxyl groups excluding tert-OH is 1. The Balaban J connectivity index is 1.52. The molecule has 0 bridgehead atoms. The minimum Gasteiger partial charge on any atom is -0.381 e. The number of nitrogens with two attached hydrogens (primary N) is 1.